The van der Waals surface area contributed by atoms with E-state index in [4.69, 9.17) is 4.74 Å². The van der Waals surface area contributed by atoms with Gasteiger partial charge in [-0.3, -0.25) is 0 Å². The van der Waals surface area contributed by atoms with Crippen LogP contribution in [0.25, 0.3) is 0 Å². The average molecular weight is 241 g/mol. The summed E-state index contributed by atoms with van der Waals surface area (Å²) in [4.78, 5) is 0. The van der Waals surface area contributed by atoms with E-state index in [0.29, 0.717) is 12.1 Å². The predicted molar refractivity (Wildman–Crippen MR) is 74.2 cm³/mol. The predicted octanol–water partition coefficient (Wildman–Crippen LogP) is 3.46. The molecule has 0 bridgehead atoms. The summed E-state index contributed by atoms with van der Waals surface area (Å²) in [5.41, 5.74) is 0. The molecule has 1 N–H and O–H groups in total. The van der Waals surface area contributed by atoms with E-state index in [1.807, 2.05) is 7.11 Å². The summed E-state index contributed by atoms with van der Waals surface area (Å²) in [5, 5.41) is 3.71. The van der Waals surface area contributed by atoms with Gasteiger partial charge in [-0.2, -0.15) is 0 Å². The van der Waals surface area contributed by atoms with Crippen LogP contribution < -0.4 is 5.32 Å². The van der Waals surface area contributed by atoms with Crippen LogP contribution in [0.1, 0.15) is 53.4 Å². The van der Waals surface area contributed by atoms with Gasteiger partial charge < -0.3 is 10.1 Å². The van der Waals surface area contributed by atoms with Gasteiger partial charge >= 0.3 is 0 Å². The Labute approximate surface area is 108 Å². The Balaban J connectivity index is 2.60. The van der Waals surface area contributed by atoms with Crippen molar-refractivity contribution < 1.29 is 4.74 Å². The van der Waals surface area contributed by atoms with Crippen molar-refractivity contribution in [1.82, 2.24) is 5.32 Å². The van der Waals surface area contributed by atoms with Crippen molar-refractivity contribution in [3.8, 4) is 0 Å². The highest BCUT2D eigenvalue weighted by atomic mass is 16.5. The quantitative estimate of drug-likeness (QED) is 0.769. The van der Waals surface area contributed by atoms with Crippen LogP contribution in [0.3, 0.4) is 0 Å². The highest BCUT2D eigenvalue weighted by Gasteiger charge is 2.32. The molecule has 1 rings (SSSR count). The molecule has 1 aliphatic carbocycles. The largest absolute Gasteiger partial charge is 0.380 e. The van der Waals surface area contributed by atoms with Gasteiger partial charge in [-0.1, -0.05) is 20.8 Å². The molecular formula is C15H31NO. The van der Waals surface area contributed by atoms with E-state index >= 15 is 0 Å². The van der Waals surface area contributed by atoms with Gasteiger partial charge in [-0.25, -0.2) is 0 Å². The summed E-state index contributed by atoms with van der Waals surface area (Å²) in [7, 11) is 1.83. The molecule has 102 valence electrons. The fourth-order valence-corrected chi connectivity index (χ4v) is 3.48. The Bertz CT molecular complexity index is 197. The van der Waals surface area contributed by atoms with E-state index in [0.717, 1.165) is 24.3 Å². The van der Waals surface area contributed by atoms with Crippen LogP contribution in [0.2, 0.25) is 0 Å². The number of ether oxygens (including phenoxy) is 1. The van der Waals surface area contributed by atoms with Crippen LogP contribution in [0.15, 0.2) is 0 Å². The molecule has 1 saturated carbocycles. The first-order chi connectivity index (χ1) is 8.08. The Morgan fingerprint density at radius 2 is 1.76 bits per heavy atom. The zero-order chi connectivity index (χ0) is 12.8. The lowest BCUT2D eigenvalue weighted by Crippen LogP contribution is -2.47. The highest BCUT2D eigenvalue weighted by Crippen LogP contribution is 2.35. The normalized spacial score (nSPS) is 33.4. The Hall–Kier alpha value is -0.0800. The molecule has 1 fully saturated rings. The van der Waals surface area contributed by atoms with E-state index < -0.39 is 0 Å². The summed E-state index contributed by atoms with van der Waals surface area (Å²) in [5.74, 6) is 2.53. The number of methoxy groups -OCH3 is 1. The fraction of sp³-hybridized carbons (Fsp3) is 1.00. The van der Waals surface area contributed by atoms with E-state index in [2.05, 4.69) is 33.0 Å². The number of hydrogen-bond acceptors (Lipinski definition) is 2. The maximum absolute atomic E-state index is 5.57. The van der Waals surface area contributed by atoms with E-state index in [1.54, 1.807) is 0 Å². The molecule has 4 unspecified atom stereocenters. The maximum atomic E-state index is 5.57. The molecule has 0 aromatic heterocycles. The first-order valence-corrected chi connectivity index (χ1v) is 7.34. The van der Waals surface area contributed by atoms with Gasteiger partial charge in [-0.15, -0.1) is 0 Å². The lowest BCUT2D eigenvalue weighted by molar-refractivity contribution is 0.0399. The summed E-state index contributed by atoms with van der Waals surface area (Å²) in [6.45, 7) is 10.3. The fourth-order valence-electron chi connectivity index (χ4n) is 3.48. The first kappa shape index (κ1) is 15.0. The second kappa shape index (κ2) is 7.38. The Morgan fingerprint density at radius 3 is 2.24 bits per heavy atom. The third-order valence-electron chi connectivity index (χ3n) is 4.23. The SMILES string of the molecule is CCCNC(C1CC(C)CC(C)C1)C(C)OC. The number of hydrogen-bond donors (Lipinski definition) is 1. The molecule has 17 heavy (non-hydrogen) atoms. The second-order valence-electron chi connectivity index (χ2n) is 6.10. The van der Waals surface area contributed by atoms with Crippen molar-refractivity contribution in [3.63, 3.8) is 0 Å². The van der Waals surface area contributed by atoms with Crippen molar-refractivity contribution >= 4 is 0 Å². The highest BCUT2D eigenvalue weighted by molar-refractivity contribution is 4.87. The maximum Gasteiger partial charge on any atom is 0.0698 e. The monoisotopic (exact) mass is 241 g/mol. The molecule has 0 radical (unpaired) electrons. The summed E-state index contributed by atoms with van der Waals surface area (Å²) >= 11 is 0. The van der Waals surface area contributed by atoms with Gasteiger partial charge in [0.05, 0.1) is 6.10 Å². The van der Waals surface area contributed by atoms with Crippen LogP contribution in [0.5, 0.6) is 0 Å². The smallest absolute Gasteiger partial charge is 0.0698 e. The summed E-state index contributed by atoms with van der Waals surface area (Å²) in [6.07, 6.45) is 5.64. The molecule has 0 saturated heterocycles. The molecule has 0 heterocycles. The van der Waals surface area contributed by atoms with Crippen LogP contribution in [-0.4, -0.2) is 25.8 Å². The van der Waals surface area contributed by atoms with Crippen LogP contribution in [-0.2, 0) is 4.74 Å². The van der Waals surface area contributed by atoms with Gasteiger partial charge in [0, 0.05) is 13.2 Å². The molecule has 2 heteroatoms. The molecular weight excluding hydrogens is 210 g/mol. The van der Waals surface area contributed by atoms with Crippen LogP contribution in [0.4, 0.5) is 0 Å². The minimum Gasteiger partial charge on any atom is -0.380 e. The second-order valence-corrected chi connectivity index (χ2v) is 6.10. The van der Waals surface area contributed by atoms with Crippen molar-refractivity contribution in [2.75, 3.05) is 13.7 Å². The lowest BCUT2D eigenvalue weighted by atomic mass is 9.73. The van der Waals surface area contributed by atoms with E-state index in [9.17, 15) is 0 Å². The third kappa shape index (κ3) is 4.59. The molecule has 0 aromatic carbocycles. The van der Waals surface area contributed by atoms with Crippen molar-refractivity contribution in [2.24, 2.45) is 17.8 Å². The first-order valence-electron chi connectivity index (χ1n) is 7.34. The molecule has 2 nitrogen and oxygen atoms in total. The molecule has 0 amide bonds. The van der Waals surface area contributed by atoms with E-state index in [1.165, 1.54) is 25.7 Å². The van der Waals surface area contributed by atoms with Crippen LogP contribution in [0, 0.1) is 17.8 Å². The zero-order valence-electron chi connectivity index (χ0n) is 12.3. The van der Waals surface area contributed by atoms with Crippen molar-refractivity contribution in [3.05, 3.63) is 0 Å². The molecule has 0 aliphatic heterocycles. The van der Waals surface area contributed by atoms with Gasteiger partial charge in [0.2, 0.25) is 0 Å². The minimum absolute atomic E-state index is 0.323. The molecule has 0 spiro atoms. The van der Waals surface area contributed by atoms with Gasteiger partial charge in [-0.05, 0) is 56.9 Å². The van der Waals surface area contributed by atoms with Crippen LogP contribution >= 0.6 is 0 Å². The topological polar surface area (TPSA) is 21.3 Å². The summed E-state index contributed by atoms with van der Waals surface area (Å²) < 4.78 is 5.57. The number of rotatable bonds is 6. The number of nitrogens with one attached hydrogen (secondary N) is 1. The Kier molecular flexibility index (Phi) is 6.50. The van der Waals surface area contributed by atoms with E-state index in [-0.39, 0.29) is 0 Å². The summed E-state index contributed by atoms with van der Waals surface area (Å²) in [6, 6.07) is 0.533. The van der Waals surface area contributed by atoms with Gasteiger partial charge in [0.25, 0.3) is 0 Å². The average Bonchev–Trinajstić information content (AvgIpc) is 2.28. The van der Waals surface area contributed by atoms with Crippen molar-refractivity contribution in [1.29, 1.82) is 0 Å². The van der Waals surface area contributed by atoms with Gasteiger partial charge in [0.15, 0.2) is 0 Å². The standard InChI is InChI=1S/C15H31NO/c1-6-7-16-15(13(4)17-5)14-9-11(2)8-12(3)10-14/h11-16H,6-10H2,1-5H3. The zero-order valence-corrected chi connectivity index (χ0v) is 12.3. The van der Waals surface area contributed by atoms with Gasteiger partial charge in [0.1, 0.15) is 0 Å². The minimum atomic E-state index is 0.323. The lowest BCUT2D eigenvalue weighted by Gasteiger charge is -2.39. The molecule has 4 atom stereocenters. The molecule has 1 aliphatic rings. The van der Waals surface area contributed by atoms with Crippen molar-refractivity contribution in [2.45, 2.75) is 65.5 Å². The molecule has 0 aromatic rings. The third-order valence-corrected chi connectivity index (χ3v) is 4.23. The Morgan fingerprint density at radius 1 is 1.18 bits per heavy atom.